The van der Waals surface area contributed by atoms with Gasteiger partial charge in [-0.2, -0.15) is 0 Å². The van der Waals surface area contributed by atoms with Crippen molar-refractivity contribution < 1.29 is 14.4 Å². The van der Waals surface area contributed by atoms with Gasteiger partial charge in [0.2, 0.25) is 11.6 Å². The van der Waals surface area contributed by atoms with Crippen molar-refractivity contribution in [3.05, 3.63) is 59.1 Å². The van der Waals surface area contributed by atoms with Crippen LogP contribution in [-0.2, 0) is 9.59 Å². The zero-order valence-corrected chi connectivity index (χ0v) is 13.8. The van der Waals surface area contributed by atoms with Crippen LogP contribution in [0.4, 0.5) is 11.4 Å². The minimum absolute atomic E-state index is 0.183. The molecule has 2 heterocycles. The van der Waals surface area contributed by atoms with Gasteiger partial charge < -0.3 is 10.6 Å². The Hall–Kier alpha value is -2.86. The molecule has 7 heteroatoms. The fraction of sp³-hybridized carbons (Fsp3) is 0.167. The normalized spacial score (nSPS) is 21.4. The molecular formula is C18H14ClN3O3. The van der Waals surface area contributed by atoms with Crippen molar-refractivity contribution >= 4 is 40.7 Å². The van der Waals surface area contributed by atoms with Crippen LogP contribution in [0.3, 0.4) is 0 Å². The van der Waals surface area contributed by atoms with Gasteiger partial charge in [0.25, 0.3) is 11.8 Å². The number of carbonyl (C=O) groups excluding carboxylic acids is 3. The smallest absolute Gasteiger partial charge is 0.271 e. The van der Waals surface area contributed by atoms with E-state index in [-0.39, 0.29) is 24.7 Å². The van der Waals surface area contributed by atoms with Gasteiger partial charge in [-0.1, -0.05) is 23.7 Å². The van der Waals surface area contributed by atoms with Crippen molar-refractivity contribution in [3.63, 3.8) is 0 Å². The van der Waals surface area contributed by atoms with E-state index < -0.39 is 11.6 Å². The largest absolute Gasteiger partial charge is 0.322 e. The van der Waals surface area contributed by atoms with Crippen LogP contribution < -0.4 is 15.5 Å². The molecule has 2 aliphatic heterocycles. The molecule has 2 aromatic rings. The van der Waals surface area contributed by atoms with E-state index >= 15 is 0 Å². The number of nitrogens with one attached hydrogen (secondary N) is 2. The van der Waals surface area contributed by atoms with Crippen LogP contribution in [0.15, 0.2) is 48.5 Å². The molecule has 3 amide bonds. The molecular weight excluding hydrogens is 342 g/mol. The first kappa shape index (κ1) is 15.7. The van der Waals surface area contributed by atoms with E-state index in [0.717, 1.165) is 0 Å². The second-order valence-electron chi connectivity index (χ2n) is 6.02. The quantitative estimate of drug-likeness (QED) is 0.869. The van der Waals surface area contributed by atoms with Gasteiger partial charge in [0, 0.05) is 23.6 Å². The Morgan fingerprint density at radius 2 is 1.84 bits per heavy atom. The van der Waals surface area contributed by atoms with Crippen LogP contribution in [0.2, 0.25) is 5.02 Å². The van der Waals surface area contributed by atoms with Crippen LogP contribution in [0.5, 0.6) is 0 Å². The molecule has 0 spiro atoms. The maximum atomic E-state index is 13.0. The van der Waals surface area contributed by atoms with Gasteiger partial charge in [0.05, 0.1) is 11.3 Å². The average molecular weight is 356 g/mol. The van der Waals surface area contributed by atoms with Crippen molar-refractivity contribution in [2.24, 2.45) is 0 Å². The summed E-state index contributed by atoms with van der Waals surface area (Å²) in [4.78, 5) is 39.4. The zero-order chi connectivity index (χ0) is 17.6. The van der Waals surface area contributed by atoms with Gasteiger partial charge in [0.1, 0.15) is 0 Å². The van der Waals surface area contributed by atoms with Crippen molar-refractivity contribution in [1.82, 2.24) is 5.32 Å². The molecule has 0 saturated carbocycles. The van der Waals surface area contributed by atoms with Crippen molar-refractivity contribution in [1.29, 1.82) is 0 Å². The number of para-hydroxylation sites is 1. The third kappa shape index (κ3) is 2.37. The molecule has 1 fully saturated rings. The molecule has 0 aromatic heterocycles. The van der Waals surface area contributed by atoms with Crippen LogP contribution in [0.25, 0.3) is 0 Å². The monoisotopic (exact) mass is 355 g/mol. The summed E-state index contributed by atoms with van der Waals surface area (Å²) in [6.45, 7) is 0. The fourth-order valence-electron chi connectivity index (χ4n) is 3.34. The van der Waals surface area contributed by atoms with Gasteiger partial charge in [0.15, 0.2) is 0 Å². The van der Waals surface area contributed by atoms with Gasteiger partial charge >= 0.3 is 0 Å². The van der Waals surface area contributed by atoms with E-state index in [1.165, 1.54) is 4.90 Å². The summed E-state index contributed by atoms with van der Waals surface area (Å²) in [7, 11) is 0. The lowest BCUT2D eigenvalue weighted by Gasteiger charge is -2.41. The summed E-state index contributed by atoms with van der Waals surface area (Å²) in [5, 5.41) is 6.05. The number of rotatable bonds is 2. The lowest BCUT2D eigenvalue weighted by atomic mass is 9.98. The predicted octanol–water partition coefficient (Wildman–Crippen LogP) is 2.55. The Bertz CT molecular complexity index is 897. The molecule has 2 N–H and O–H groups in total. The van der Waals surface area contributed by atoms with Crippen LogP contribution in [0.1, 0.15) is 23.2 Å². The molecule has 126 valence electrons. The van der Waals surface area contributed by atoms with E-state index in [1.807, 2.05) is 0 Å². The lowest BCUT2D eigenvalue weighted by Crippen LogP contribution is -2.68. The maximum absolute atomic E-state index is 13.0. The number of benzene rings is 2. The number of nitrogens with zero attached hydrogens (tertiary/aromatic N) is 1. The number of carbonyl (C=O) groups is 3. The SMILES string of the molecule is O=C1N[C@@]2(C(=O)Nc3ccc(Cl)cc3)CCC(=O)N2c2ccccc21. The van der Waals surface area contributed by atoms with E-state index in [2.05, 4.69) is 10.6 Å². The van der Waals surface area contributed by atoms with E-state index in [4.69, 9.17) is 11.6 Å². The summed E-state index contributed by atoms with van der Waals surface area (Å²) in [6, 6.07) is 13.4. The molecule has 0 bridgehead atoms. The van der Waals surface area contributed by atoms with Crippen molar-refractivity contribution in [2.75, 3.05) is 10.2 Å². The molecule has 2 aliphatic rings. The number of amides is 3. The Morgan fingerprint density at radius 3 is 2.60 bits per heavy atom. The molecule has 1 saturated heterocycles. The minimum Gasteiger partial charge on any atom is -0.322 e. The first-order valence-electron chi connectivity index (χ1n) is 7.83. The first-order valence-corrected chi connectivity index (χ1v) is 8.21. The Kier molecular flexibility index (Phi) is 3.51. The molecule has 0 aliphatic carbocycles. The van der Waals surface area contributed by atoms with Crippen LogP contribution in [-0.4, -0.2) is 23.4 Å². The second kappa shape index (κ2) is 5.60. The Morgan fingerprint density at radius 1 is 1.12 bits per heavy atom. The highest BCUT2D eigenvalue weighted by Gasteiger charge is 2.56. The first-order chi connectivity index (χ1) is 12.0. The standard InChI is InChI=1S/C18H14ClN3O3/c19-11-5-7-12(8-6-11)20-17(25)18-10-9-15(23)22(18)14-4-2-1-3-13(14)16(24)21-18/h1-8H,9-10H2,(H,20,25)(H,21,24)/t18-/m0/s1. The summed E-state index contributed by atoms with van der Waals surface area (Å²) >= 11 is 5.86. The predicted molar refractivity (Wildman–Crippen MR) is 93.4 cm³/mol. The molecule has 0 radical (unpaired) electrons. The van der Waals surface area contributed by atoms with Gasteiger partial charge in [-0.3, -0.25) is 19.3 Å². The molecule has 0 unspecified atom stereocenters. The zero-order valence-electron chi connectivity index (χ0n) is 13.1. The third-order valence-corrected chi connectivity index (χ3v) is 4.77. The Labute approximate surface area is 148 Å². The number of hydrogen-bond acceptors (Lipinski definition) is 3. The summed E-state index contributed by atoms with van der Waals surface area (Å²) < 4.78 is 0. The average Bonchev–Trinajstić information content (AvgIpc) is 2.95. The van der Waals surface area contributed by atoms with Crippen LogP contribution in [0, 0.1) is 0 Å². The lowest BCUT2D eigenvalue weighted by molar-refractivity contribution is -0.124. The third-order valence-electron chi connectivity index (χ3n) is 4.52. The molecule has 25 heavy (non-hydrogen) atoms. The molecule has 1 atom stereocenters. The van der Waals surface area contributed by atoms with Gasteiger partial charge in [-0.15, -0.1) is 0 Å². The highest BCUT2D eigenvalue weighted by molar-refractivity contribution is 6.30. The fourth-order valence-corrected chi connectivity index (χ4v) is 3.46. The Balaban J connectivity index is 1.74. The maximum Gasteiger partial charge on any atom is 0.271 e. The van der Waals surface area contributed by atoms with Gasteiger partial charge in [-0.05, 0) is 36.4 Å². The summed E-state index contributed by atoms with van der Waals surface area (Å²) in [5.41, 5.74) is -0.0360. The highest BCUT2D eigenvalue weighted by atomic mass is 35.5. The summed E-state index contributed by atoms with van der Waals surface area (Å²) in [5.74, 6) is -1.02. The van der Waals surface area contributed by atoms with E-state index in [9.17, 15) is 14.4 Å². The molecule has 4 rings (SSSR count). The molecule has 6 nitrogen and oxygen atoms in total. The van der Waals surface area contributed by atoms with Crippen LogP contribution >= 0.6 is 11.6 Å². The minimum atomic E-state index is -1.41. The number of hydrogen-bond donors (Lipinski definition) is 2. The van der Waals surface area contributed by atoms with Crippen molar-refractivity contribution in [2.45, 2.75) is 18.5 Å². The topological polar surface area (TPSA) is 78.5 Å². The number of anilines is 2. The second-order valence-corrected chi connectivity index (χ2v) is 6.46. The van der Waals surface area contributed by atoms with Crippen molar-refractivity contribution in [3.8, 4) is 0 Å². The number of halogens is 1. The number of fused-ring (bicyclic) bond motifs is 3. The van der Waals surface area contributed by atoms with Gasteiger partial charge in [-0.25, -0.2) is 0 Å². The summed E-state index contributed by atoms with van der Waals surface area (Å²) in [6.07, 6.45) is 0.397. The van der Waals surface area contributed by atoms with E-state index in [0.29, 0.717) is 22.0 Å². The highest BCUT2D eigenvalue weighted by Crippen LogP contribution is 2.39. The molecule has 2 aromatic carbocycles. The van der Waals surface area contributed by atoms with E-state index in [1.54, 1.807) is 48.5 Å².